The quantitative estimate of drug-likeness (QED) is 0.788. The minimum atomic E-state index is -0.202. The minimum Gasteiger partial charge on any atom is -0.321 e. The van der Waals surface area contributed by atoms with Gasteiger partial charge in [0.15, 0.2) is 0 Å². The number of benzene rings is 2. The Morgan fingerprint density at radius 2 is 1.82 bits per heavy atom. The zero-order valence-electron chi connectivity index (χ0n) is 9.70. The zero-order valence-corrected chi connectivity index (χ0v) is 9.70. The molecule has 0 aliphatic carbocycles. The monoisotopic (exact) mass is 230 g/mol. The molecule has 2 nitrogen and oxygen atoms in total. The van der Waals surface area contributed by atoms with E-state index in [2.05, 4.69) is 10.9 Å². The second-order valence-electron chi connectivity index (χ2n) is 3.92. The van der Waals surface area contributed by atoms with Gasteiger partial charge in [0.2, 0.25) is 0 Å². The van der Waals surface area contributed by atoms with Crippen molar-refractivity contribution in [2.24, 2.45) is 0 Å². The number of hydrogen-bond acceptors (Lipinski definition) is 2. The van der Waals surface area contributed by atoms with E-state index in [1.54, 1.807) is 12.1 Å². The molecule has 0 saturated carbocycles. The fraction of sp³-hybridized carbons (Fsp3) is 0.143. The van der Waals surface area contributed by atoms with Crippen molar-refractivity contribution in [3.05, 3.63) is 65.5 Å². The lowest BCUT2D eigenvalue weighted by Gasteiger charge is -2.10. The lowest BCUT2D eigenvalue weighted by atomic mass is 10.1. The van der Waals surface area contributed by atoms with Gasteiger partial charge in [-0.05, 0) is 42.3 Å². The van der Waals surface area contributed by atoms with Crippen LogP contribution in [0.1, 0.15) is 11.1 Å². The van der Waals surface area contributed by atoms with Crippen molar-refractivity contribution in [3.63, 3.8) is 0 Å². The highest BCUT2D eigenvalue weighted by atomic mass is 19.1. The highest BCUT2D eigenvalue weighted by molar-refractivity contribution is 5.41. The molecule has 0 atom stereocenters. The van der Waals surface area contributed by atoms with Gasteiger partial charge in [-0.15, -0.1) is 0 Å². The number of rotatable bonds is 4. The van der Waals surface area contributed by atoms with E-state index in [0.29, 0.717) is 6.54 Å². The Balaban J connectivity index is 1.92. The molecular weight excluding hydrogens is 215 g/mol. The van der Waals surface area contributed by atoms with E-state index < -0.39 is 0 Å². The maximum atomic E-state index is 13.0. The smallest absolute Gasteiger partial charge is 0.123 e. The first-order valence-corrected chi connectivity index (χ1v) is 5.54. The van der Waals surface area contributed by atoms with E-state index >= 15 is 0 Å². The Hall–Kier alpha value is -1.87. The molecule has 88 valence electrons. The molecule has 0 aromatic heterocycles. The highest BCUT2D eigenvalue weighted by Gasteiger charge is 1.99. The van der Waals surface area contributed by atoms with Crippen LogP contribution < -0.4 is 10.9 Å². The number of hydrazine groups is 1. The molecule has 0 spiro atoms. The van der Waals surface area contributed by atoms with E-state index in [9.17, 15) is 4.39 Å². The topological polar surface area (TPSA) is 24.1 Å². The Labute approximate surface area is 100 Å². The maximum absolute atomic E-state index is 13.0. The van der Waals surface area contributed by atoms with Gasteiger partial charge in [0.05, 0.1) is 0 Å². The Kier molecular flexibility index (Phi) is 3.73. The number of anilines is 1. The minimum absolute atomic E-state index is 0.202. The summed E-state index contributed by atoms with van der Waals surface area (Å²) in [5.41, 5.74) is 9.15. The van der Waals surface area contributed by atoms with Crippen molar-refractivity contribution in [1.29, 1.82) is 0 Å². The van der Waals surface area contributed by atoms with Gasteiger partial charge in [0.25, 0.3) is 0 Å². The molecule has 0 bridgehead atoms. The Morgan fingerprint density at radius 1 is 1.06 bits per heavy atom. The number of halogens is 1. The summed E-state index contributed by atoms with van der Waals surface area (Å²) in [7, 11) is 0. The zero-order chi connectivity index (χ0) is 12.1. The van der Waals surface area contributed by atoms with Crippen LogP contribution in [0.25, 0.3) is 0 Å². The third-order valence-corrected chi connectivity index (χ3v) is 2.60. The molecule has 2 aromatic carbocycles. The average molecular weight is 230 g/mol. The summed E-state index contributed by atoms with van der Waals surface area (Å²) < 4.78 is 13.0. The normalized spacial score (nSPS) is 10.2. The van der Waals surface area contributed by atoms with Crippen molar-refractivity contribution in [2.45, 2.75) is 13.5 Å². The van der Waals surface area contributed by atoms with Gasteiger partial charge in [-0.2, -0.15) is 0 Å². The average Bonchev–Trinajstić information content (AvgIpc) is 2.35. The van der Waals surface area contributed by atoms with E-state index in [1.165, 1.54) is 6.07 Å². The molecule has 0 aliphatic heterocycles. The first-order valence-electron chi connectivity index (χ1n) is 5.54. The van der Waals surface area contributed by atoms with Gasteiger partial charge in [-0.3, -0.25) is 0 Å². The van der Waals surface area contributed by atoms with Crippen molar-refractivity contribution in [2.75, 3.05) is 5.43 Å². The van der Waals surface area contributed by atoms with Gasteiger partial charge in [0.1, 0.15) is 5.82 Å². The second kappa shape index (κ2) is 5.46. The highest BCUT2D eigenvalue weighted by Crippen LogP contribution is 2.10. The summed E-state index contributed by atoms with van der Waals surface area (Å²) in [6.45, 7) is 2.55. The predicted octanol–water partition coefficient (Wildman–Crippen LogP) is 3.25. The summed E-state index contributed by atoms with van der Waals surface area (Å²) in [6, 6.07) is 14.6. The molecule has 2 rings (SSSR count). The summed E-state index contributed by atoms with van der Waals surface area (Å²) in [5.74, 6) is -0.202. The van der Waals surface area contributed by atoms with Crippen LogP contribution in [-0.2, 0) is 6.54 Å². The van der Waals surface area contributed by atoms with Gasteiger partial charge >= 0.3 is 0 Å². The largest absolute Gasteiger partial charge is 0.321 e. The van der Waals surface area contributed by atoms with E-state index in [1.807, 2.05) is 37.3 Å². The van der Waals surface area contributed by atoms with E-state index in [4.69, 9.17) is 0 Å². The lowest BCUT2D eigenvalue weighted by molar-refractivity contribution is 0.622. The molecule has 0 radical (unpaired) electrons. The van der Waals surface area contributed by atoms with Crippen molar-refractivity contribution >= 4 is 5.69 Å². The summed E-state index contributed by atoms with van der Waals surface area (Å²) in [4.78, 5) is 0. The molecule has 2 N–H and O–H groups in total. The molecule has 3 heteroatoms. The van der Waals surface area contributed by atoms with Crippen LogP contribution >= 0.6 is 0 Å². The summed E-state index contributed by atoms with van der Waals surface area (Å²) in [5, 5.41) is 0. The fourth-order valence-electron chi connectivity index (χ4n) is 1.59. The van der Waals surface area contributed by atoms with Crippen LogP contribution in [0.3, 0.4) is 0 Å². The first-order chi connectivity index (χ1) is 8.25. The van der Waals surface area contributed by atoms with E-state index in [0.717, 1.165) is 16.8 Å². The van der Waals surface area contributed by atoms with Gasteiger partial charge < -0.3 is 5.43 Å². The van der Waals surface area contributed by atoms with Gasteiger partial charge in [0, 0.05) is 12.2 Å². The van der Waals surface area contributed by atoms with Crippen LogP contribution in [0.5, 0.6) is 0 Å². The van der Waals surface area contributed by atoms with Crippen LogP contribution in [0.4, 0.5) is 10.1 Å². The molecule has 17 heavy (non-hydrogen) atoms. The third kappa shape index (κ3) is 3.29. The number of hydrogen-bond donors (Lipinski definition) is 2. The third-order valence-electron chi connectivity index (χ3n) is 2.60. The van der Waals surface area contributed by atoms with Gasteiger partial charge in [-0.25, -0.2) is 9.82 Å². The van der Waals surface area contributed by atoms with Crippen molar-refractivity contribution in [3.8, 4) is 0 Å². The van der Waals surface area contributed by atoms with Gasteiger partial charge in [-0.1, -0.05) is 24.3 Å². The summed E-state index contributed by atoms with van der Waals surface area (Å²) in [6.07, 6.45) is 0. The van der Waals surface area contributed by atoms with E-state index in [-0.39, 0.29) is 5.82 Å². The number of nitrogens with one attached hydrogen (secondary N) is 2. The van der Waals surface area contributed by atoms with Crippen molar-refractivity contribution < 1.29 is 4.39 Å². The Bertz CT molecular complexity index is 483. The maximum Gasteiger partial charge on any atom is 0.123 e. The fourth-order valence-corrected chi connectivity index (χ4v) is 1.59. The number of aryl methyl sites for hydroxylation is 1. The van der Waals surface area contributed by atoms with Crippen LogP contribution in [0, 0.1) is 12.7 Å². The Morgan fingerprint density at radius 3 is 2.59 bits per heavy atom. The molecule has 0 heterocycles. The first kappa shape index (κ1) is 11.6. The van der Waals surface area contributed by atoms with Crippen LogP contribution in [-0.4, -0.2) is 0 Å². The number of para-hydroxylation sites is 1. The van der Waals surface area contributed by atoms with Crippen molar-refractivity contribution in [1.82, 2.24) is 5.43 Å². The molecule has 0 unspecified atom stereocenters. The predicted molar refractivity (Wildman–Crippen MR) is 68.0 cm³/mol. The molecule has 0 fully saturated rings. The molecule has 0 aliphatic rings. The van der Waals surface area contributed by atoms with Crippen LogP contribution in [0.15, 0.2) is 48.5 Å². The second-order valence-corrected chi connectivity index (χ2v) is 3.92. The molecular formula is C14H15FN2. The SMILES string of the molecule is Cc1ccc(F)cc1CNNc1ccccc1. The lowest BCUT2D eigenvalue weighted by Crippen LogP contribution is -2.21. The summed E-state index contributed by atoms with van der Waals surface area (Å²) >= 11 is 0. The molecule has 0 amide bonds. The molecule has 2 aromatic rings. The standard InChI is InChI=1S/C14H15FN2/c1-11-7-8-13(15)9-12(11)10-16-17-14-5-3-2-4-6-14/h2-9,16-17H,10H2,1H3. The molecule has 0 saturated heterocycles. The van der Waals surface area contributed by atoms with Crippen LogP contribution in [0.2, 0.25) is 0 Å².